The highest BCUT2D eigenvalue weighted by atomic mass is 14.4. The summed E-state index contributed by atoms with van der Waals surface area (Å²) in [6, 6.07) is 34.9. The fraction of sp³-hybridized carbons (Fsp3) is 0.103. The topological polar surface area (TPSA) is 0 Å². The van der Waals surface area contributed by atoms with Gasteiger partial charge in [0.2, 0.25) is 0 Å². The molecular weight excluding hydrogens is 348 g/mol. The van der Waals surface area contributed by atoms with E-state index in [1.807, 2.05) is 0 Å². The molecule has 0 atom stereocenters. The average Bonchev–Trinajstić information content (AvgIpc) is 3.00. The number of benzene rings is 4. The van der Waals surface area contributed by atoms with E-state index in [4.69, 9.17) is 0 Å². The predicted molar refractivity (Wildman–Crippen MR) is 125 cm³/mol. The zero-order valence-electron chi connectivity index (χ0n) is 16.9. The van der Waals surface area contributed by atoms with Gasteiger partial charge in [0.25, 0.3) is 0 Å². The van der Waals surface area contributed by atoms with E-state index in [1.165, 1.54) is 44.5 Å². The van der Waals surface area contributed by atoms with Crippen LogP contribution in [0.3, 0.4) is 0 Å². The maximum Gasteiger partial charge on any atom is 0.0159 e. The van der Waals surface area contributed by atoms with Crippen LogP contribution >= 0.6 is 0 Å². The summed E-state index contributed by atoms with van der Waals surface area (Å²) in [7, 11) is 0. The molecule has 0 N–H and O–H groups in total. The first-order valence-electron chi connectivity index (χ1n) is 10.2. The van der Waals surface area contributed by atoms with Crippen molar-refractivity contribution in [1.82, 2.24) is 0 Å². The Balaban J connectivity index is 1.55. The molecule has 29 heavy (non-hydrogen) atoms. The van der Waals surface area contributed by atoms with E-state index in [2.05, 4.69) is 123 Å². The molecule has 0 saturated heterocycles. The molecule has 0 heterocycles. The highest BCUT2D eigenvalue weighted by Gasteiger charge is 2.35. The lowest BCUT2D eigenvalue weighted by atomic mass is 9.81. The van der Waals surface area contributed by atoms with Crippen molar-refractivity contribution in [3.8, 4) is 22.3 Å². The van der Waals surface area contributed by atoms with Crippen molar-refractivity contribution in [2.24, 2.45) is 0 Å². The van der Waals surface area contributed by atoms with Crippen LogP contribution in [0.5, 0.6) is 0 Å². The smallest absolute Gasteiger partial charge is 0.0159 e. The Labute approximate surface area is 173 Å². The van der Waals surface area contributed by atoms with Crippen molar-refractivity contribution < 1.29 is 0 Å². The first-order chi connectivity index (χ1) is 14.1. The molecule has 0 spiro atoms. The standard InChI is InChI=1S/C29H24/c1-29(2)27-19-22(14-13-21-9-5-3-6-10-21)15-17-25(27)26-18-16-24(20-28(26)29)23-11-7-4-8-12-23/h3-20H,1-2H3. The van der Waals surface area contributed by atoms with Gasteiger partial charge in [0.15, 0.2) is 0 Å². The van der Waals surface area contributed by atoms with Crippen LogP contribution in [0.4, 0.5) is 0 Å². The molecule has 0 aromatic heterocycles. The summed E-state index contributed by atoms with van der Waals surface area (Å²) < 4.78 is 0. The molecular formula is C29H24. The molecule has 4 aromatic carbocycles. The summed E-state index contributed by atoms with van der Waals surface area (Å²) in [5.74, 6) is 0. The van der Waals surface area contributed by atoms with E-state index in [0.29, 0.717) is 0 Å². The summed E-state index contributed by atoms with van der Waals surface area (Å²) in [5.41, 5.74) is 10.6. The van der Waals surface area contributed by atoms with Gasteiger partial charge in [-0.3, -0.25) is 0 Å². The Morgan fingerprint density at radius 2 is 1.10 bits per heavy atom. The second-order valence-electron chi connectivity index (χ2n) is 8.30. The summed E-state index contributed by atoms with van der Waals surface area (Å²) in [6.45, 7) is 4.69. The van der Waals surface area contributed by atoms with E-state index in [1.54, 1.807) is 0 Å². The van der Waals surface area contributed by atoms with Crippen LogP contribution in [-0.2, 0) is 5.41 Å². The van der Waals surface area contributed by atoms with Crippen LogP contribution in [0, 0.1) is 0 Å². The minimum absolute atomic E-state index is 0.00788. The van der Waals surface area contributed by atoms with Crippen molar-refractivity contribution in [3.05, 3.63) is 119 Å². The summed E-state index contributed by atoms with van der Waals surface area (Å²) in [5, 5.41) is 0. The first-order valence-corrected chi connectivity index (χ1v) is 10.2. The molecule has 1 aliphatic carbocycles. The third-order valence-corrected chi connectivity index (χ3v) is 6.07. The molecule has 4 aromatic rings. The Morgan fingerprint density at radius 1 is 0.517 bits per heavy atom. The third kappa shape index (κ3) is 3.11. The first kappa shape index (κ1) is 17.7. The second-order valence-corrected chi connectivity index (χ2v) is 8.30. The lowest BCUT2D eigenvalue weighted by molar-refractivity contribution is 0.660. The molecule has 1 aliphatic rings. The number of fused-ring (bicyclic) bond motifs is 3. The van der Waals surface area contributed by atoms with E-state index in [-0.39, 0.29) is 5.41 Å². The number of hydrogen-bond acceptors (Lipinski definition) is 0. The molecule has 0 bridgehead atoms. The molecule has 0 aliphatic heterocycles. The van der Waals surface area contributed by atoms with Gasteiger partial charge in [0.05, 0.1) is 0 Å². The van der Waals surface area contributed by atoms with Gasteiger partial charge < -0.3 is 0 Å². The number of rotatable bonds is 3. The van der Waals surface area contributed by atoms with Crippen molar-refractivity contribution in [1.29, 1.82) is 0 Å². The van der Waals surface area contributed by atoms with Gasteiger partial charge in [0, 0.05) is 5.41 Å². The molecule has 0 unspecified atom stereocenters. The fourth-order valence-corrected chi connectivity index (χ4v) is 4.43. The van der Waals surface area contributed by atoms with Crippen LogP contribution in [0.1, 0.15) is 36.1 Å². The lowest BCUT2D eigenvalue weighted by Crippen LogP contribution is -2.15. The molecule has 0 fully saturated rings. The average molecular weight is 373 g/mol. The molecule has 140 valence electrons. The Kier molecular flexibility index (Phi) is 4.21. The third-order valence-electron chi connectivity index (χ3n) is 6.07. The van der Waals surface area contributed by atoms with E-state index >= 15 is 0 Å². The van der Waals surface area contributed by atoms with E-state index < -0.39 is 0 Å². The van der Waals surface area contributed by atoms with Crippen LogP contribution in [0.25, 0.3) is 34.4 Å². The Morgan fingerprint density at radius 3 is 1.83 bits per heavy atom. The predicted octanol–water partition coefficient (Wildman–Crippen LogP) is 7.83. The minimum atomic E-state index is -0.00788. The lowest BCUT2D eigenvalue weighted by Gasteiger charge is -2.22. The fourth-order valence-electron chi connectivity index (χ4n) is 4.43. The normalized spacial score (nSPS) is 14.0. The maximum atomic E-state index is 2.38. The quantitative estimate of drug-likeness (QED) is 0.321. The highest BCUT2D eigenvalue weighted by Crippen LogP contribution is 2.49. The van der Waals surface area contributed by atoms with Gasteiger partial charge in [-0.15, -0.1) is 0 Å². The van der Waals surface area contributed by atoms with Gasteiger partial charge in [-0.1, -0.05) is 117 Å². The Hall–Kier alpha value is -3.38. The highest BCUT2D eigenvalue weighted by molar-refractivity contribution is 5.85. The zero-order chi connectivity index (χ0) is 19.8. The number of hydrogen-bond donors (Lipinski definition) is 0. The SMILES string of the molecule is CC1(C)c2cc(C=Cc3ccccc3)ccc2-c2ccc(-c3ccccc3)cc21. The minimum Gasteiger partial charge on any atom is -0.0622 e. The van der Waals surface area contributed by atoms with Crippen LogP contribution < -0.4 is 0 Å². The van der Waals surface area contributed by atoms with Crippen molar-refractivity contribution in [2.45, 2.75) is 19.3 Å². The maximum absolute atomic E-state index is 2.38. The monoisotopic (exact) mass is 372 g/mol. The zero-order valence-corrected chi connectivity index (χ0v) is 16.9. The molecule has 0 heteroatoms. The largest absolute Gasteiger partial charge is 0.0622 e. The molecule has 0 nitrogen and oxygen atoms in total. The van der Waals surface area contributed by atoms with Gasteiger partial charge >= 0.3 is 0 Å². The van der Waals surface area contributed by atoms with Crippen molar-refractivity contribution in [2.75, 3.05) is 0 Å². The van der Waals surface area contributed by atoms with Crippen molar-refractivity contribution in [3.63, 3.8) is 0 Å². The molecule has 0 saturated carbocycles. The van der Waals surface area contributed by atoms with Gasteiger partial charge in [-0.25, -0.2) is 0 Å². The van der Waals surface area contributed by atoms with Crippen LogP contribution in [0.2, 0.25) is 0 Å². The Bertz CT molecular complexity index is 1200. The van der Waals surface area contributed by atoms with Gasteiger partial charge in [0.1, 0.15) is 0 Å². The van der Waals surface area contributed by atoms with Gasteiger partial charge in [-0.05, 0) is 50.6 Å². The summed E-state index contributed by atoms with van der Waals surface area (Å²) in [6.07, 6.45) is 4.40. The van der Waals surface area contributed by atoms with Crippen LogP contribution in [-0.4, -0.2) is 0 Å². The van der Waals surface area contributed by atoms with Gasteiger partial charge in [-0.2, -0.15) is 0 Å². The van der Waals surface area contributed by atoms with Crippen molar-refractivity contribution >= 4 is 12.2 Å². The summed E-state index contributed by atoms with van der Waals surface area (Å²) >= 11 is 0. The molecule has 5 rings (SSSR count). The van der Waals surface area contributed by atoms with Crippen LogP contribution in [0.15, 0.2) is 97.1 Å². The second kappa shape index (κ2) is 6.90. The molecule has 0 radical (unpaired) electrons. The van der Waals surface area contributed by atoms with E-state index in [9.17, 15) is 0 Å². The molecule has 0 amide bonds. The van der Waals surface area contributed by atoms with E-state index in [0.717, 1.165) is 0 Å². The summed E-state index contributed by atoms with van der Waals surface area (Å²) in [4.78, 5) is 0.